The zero-order valence-corrected chi connectivity index (χ0v) is 16.2. The van der Waals surface area contributed by atoms with Gasteiger partial charge in [-0.25, -0.2) is 9.59 Å². The first-order valence-electron chi connectivity index (χ1n) is 4.63. The Kier molecular flexibility index (Phi) is 7.23. The predicted molar refractivity (Wildman–Crippen MR) is 62.1 cm³/mol. The Labute approximate surface area is 116 Å². The van der Waals surface area contributed by atoms with Gasteiger partial charge >= 0.3 is 39.6 Å². The molecule has 0 bridgehead atoms. The van der Waals surface area contributed by atoms with Crippen molar-refractivity contribution in [2.75, 3.05) is 0 Å². The van der Waals surface area contributed by atoms with E-state index in [0.717, 1.165) is 0 Å². The van der Waals surface area contributed by atoms with Crippen LogP contribution in [0.1, 0.15) is 41.5 Å². The van der Waals surface area contributed by atoms with Gasteiger partial charge in [0.05, 0.1) is 0 Å². The van der Waals surface area contributed by atoms with Gasteiger partial charge in [0.1, 0.15) is 11.2 Å². The summed E-state index contributed by atoms with van der Waals surface area (Å²) in [5.74, 6) is 0. The van der Waals surface area contributed by atoms with Gasteiger partial charge in [-0.3, -0.25) is 0 Å². The summed E-state index contributed by atoms with van der Waals surface area (Å²) in [5, 5.41) is 0. The van der Waals surface area contributed by atoms with Crippen LogP contribution in [0.3, 0.4) is 0 Å². The van der Waals surface area contributed by atoms with E-state index >= 15 is 0 Å². The van der Waals surface area contributed by atoms with E-state index in [9.17, 15) is 9.59 Å². The summed E-state index contributed by atoms with van der Waals surface area (Å²) in [5.41, 5.74) is -1.39. The van der Waals surface area contributed by atoms with Crippen LogP contribution in [0.4, 0.5) is 9.59 Å². The van der Waals surface area contributed by atoms with Crippen LogP contribution in [-0.4, -0.2) is 50.8 Å². The molecule has 0 saturated carbocycles. The molecule has 0 unspecified atom stereocenters. The zero-order chi connectivity index (χ0) is 12.3. The monoisotopic (exact) mass is 428 g/mol. The number of hydrogen-bond acceptors (Lipinski definition) is 5. The van der Waals surface area contributed by atoms with Crippen LogP contribution >= 0.6 is 0 Å². The Morgan fingerprint density at radius 3 is 1.19 bits per heavy atom. The van der Waals surface area contributed by atoms with Crippen molar-refractivity contribution in [3.63, 3.8) is 0 Å². The van der Waals surface area contributed by atoms with Crippen molar-refractivity contribution < 1.29 is 23.8 Å². The molecule has 0 N–H and O–H groups in total. The average molecular weight is 427 g/mol. The van der Waals surface area contributed by atoms with Gasteiger partial charge in [-0.05, 0) is 41.5 Å². The summed E-state index contributed by atoms with van der Waals surface area (Å²) in [6.07, 6.45) is -2.12. The van der Waals surface area contributed by atoms with Gasteiger partial charge in [-0.2, -0.15) is 0 Å². The summed E-state index contributed by atoms with van der Waals surface area (Å²) < 4.78 is 13.8. The first-order chi connectivity index (χ1) is 6.49. The minimum absolute atomic E-state index is 0. The van der Waals surface area contributed by atoms with Crippen molar-refractivity contribution in [2.45, 2.75) is 52.7 Å². The molecule has 0 amide bonds. The first-order valence-corrected chi connectivity index (χ1v) is 4.63. The van der Waals surface area contributed by atoms with E-state index in [1.165, 1.54) is 0 Å². The molecule has 6 heteroatoms. The van der Waals surface area contributed by atoms with Crippen molar-refractivity contribution in [1.29, 1.82) is 0 Å². The van der Waals surface area contributed by atoms with Crippen LogP contribution in [0.15, 0.2) is 0 Å². The molecule has 0 fully saturated rings. The van der Waals surface area contributed by atoms with Crippen LogP contribution in [-0.2, 0) is 14.2 Å². The second-order valence-corrected chi connectivity index (χ2v) is 5.03. The minimum atomic E-state index is -1.06. The van der Waals surface area contributed by atoms with Gasteiger partial charge in [-0.1, -0.05) is 0 Å². The molecular weight excluding hydrogens is 407 g/mol. The van der Waals surface area contributed by atoms with E-state index in [4.69, 9.17) is 9.47 Å². The molecule has 2 radical (unpaired) electrons. The fourth-order valence-electron chi connectivity index (χ4n) is 0.610. The Bertz CT molecular complexity index is 223. The third-order valence-electron chi connectivity index (χ3n) is 0.946. The van der Waals surface area contributed by atoms with Gasteiger partial charge < -0.3 is 14.2 Å². The fourth-order valence-corrected chi connectivity index (χ4v) is 0.610. The van der Waals surface area contributed by atoms with E-state index in [1.807, 2.05) is 0 Å². The Balaban J connectivity index is 0. The molecule has 0 aliphatic carbocycles. The van der Waals surface area contributed by atoms with E-state index in [0.29, 0.717) is 0 Å². The van der Waals surface area contributed by atoms with E-state index < -0.39 is 23.5 Å². The molecule has 94 valence electrons. The van der Waals surface area contributed by atoms with Crippen molar-refractivity contribution >= 4 is 39.6 Å². The van der Waals surface area contributed by atoms with Crippen molar-refractivity contribution in [3.05, 3.63) is 0 Å². The van der Waals surface area contributed by atoms with Crippen molar-refractivity contribution in [1.82, 2.24) is 0 Å². The molecule has 0 aromatic carbocycles. The average Bonchev–Trinajstić information content (AvgIpc) is 1.73. The molecule has 0 aromatic heterocycles. The second kappa shape index (κ2) is 6.41. The number of carbonyl (C=O) groups excluding carboxylic acids is 2. The standard InChI is InChI=1S/C10H18O5.Pb.2H/c1-9(2,3)14-7(11)13-8(12)15-10(4,5)6;;;/h1-6H3;;;. The van der Waals surface area contributed by atoms with Gasteiger partial charge in [0.15, 0.2) is 0 Å². The first kappa shape index (κ1) is 18.0. The molecule has 0 aliphatic rings. The predicted octanol–water partition coefficient (Wildman–Crippen LogP) is 1.96. The molecule has 0 rings (SSSR count). The van der Waals surface area contributed by atoms with Crippen LogP contribution in [0, 0.1) is 0 Å². The number of ether oxygens (including phenoxy) is 3. The normalized spacial score (nSPS) is 11.1. The summed E-state index contributed by atoms with van der Waals surface area (Å²) in [6.45, 7) is 10.0. The van der Waals surface area contributed by atoms with Crippen LogP contribution in [0.5, 0.6) is 0 Å². The number of rotatable bonds is 0. The molecular formula is C10H20O5Pb. The SMILES string of the molecule is CC(C)(C)OC(=O)OC(=O)OC(C)(C)C.[PbH2]. The molecule has 0 spiro atoms. The third-order valence-corrected chi connectivity index (χ3v) is 0.946. The maximum absolute atomic E-state index is 11.0. The molecule has 0 heterocycles. The summed E-state index contributed by atoms with van der Waals surface area (Å²) in [7, 11) is 0. The van der Waals surface area contributed by atoms with E-state index in [2.05, 4.69) is 4.74 Å². The molecule has 0 aliphatic heterocycles. The summed E-state index contributed by atoms with van der Waals surface area (Å²) >= 11 is 0. The van der Waals surface area contributed by atoms with Crippen molar-refractivity contribution in [3.8, 4) is 0 Å². The number of hydrogen-bond donors (Lipinski definition) is 0. The maximum atomic E-state index is 11.0. The molecule has 16 heavy (non-hydrogen) atoms. The van der Waals surface area contributed by atoms with Crippen LogP contribution < -0.4 is 0 Å². The van der Waals surface area contributed by atoms with E-state index in [1.54, 1.807) is 41.5 Å². The Hall–Kier alpha value is -0.338. The molecule has 0 atom stereocenters. The van der Waals surface area contributed by atoms with Gasteiger partial charge in [-0.15, -0.1) is 0 Å². The van der Waals surface area contributed by atoms with Gasteiger partial charge in [0.25, 0.3) is 0 Å². The van der Waals surface area contributed by atoms with Crippen LogP contribution in [0.2, 0.25) is 0 Å². The second-order valence-electron chi connectivity index (χ2n) is 5.03. The summed E-state index contributed by atoms with van der Waals surface area (Å²) in [4.78, 5) is 22.0. The fraction of sp³-hybridized carbons (Fsp3) is 0.800. The van der Waals surface area contributed by atoms with Crippen LogP contribution in [0.25, 0.3) is 0 Å². The summed E-state index contributed by atoms with van der Waals surface area (Å²) in [6, 6.07) is 0. The number of carbonyl (C=O) groups is 2. The van der Waals surface area contributed by atoms with Crippen molar-refractivity contribution in [2.24, 2.45) is 0 Å². The van der Waals surface area contributed by atoms with Gasteiger partial charge in [0.2, 0.25) is 0 Å². The Morgan fingerprint density at radius 1 is 0.750 bits per heavy atom. The molecule has 5 nitrogen and oxygen atoms in total. The third kappa shape index (κ3) is 11.7. The quantitative estimate of drug-likeness (QED) is 0.336. The van der Waals surface area contributed by atoms with Gasteiger partial charge in [0, 0.05) is 0 Å². The zero-order valence-electron chi connectivity index (χ0n) is 10.7. The Morgan fingerprint density at radius 2 is 1.00 bits per heavy atom. The molecule has 0 saturated heterocycles. The molecule has 0 aromatic rings. The topological polar surface area (TPSA) is 61.8 Å². The van der Waals surface area contributed by atoms with E-state index in [-0.39, 0.29) is 27.3 Å².